The van der Waals surface area contributed by atoms with Gasteiger partial charge in [-0.25, -0.2) is 21.6 Å². The van der Waals surface area contributed by atoms with E-state index in [1.807, 2.05) is 0 Å². The predicted molar refractivity (Wildman–Crippen MR) is 95.0 cm³/mol. The minimum Gasteiger partial charge on any atom is -0.269 e. The minimum absolute atomic E-state index is 0.00783. The third kappa shape index (κ3) is 4.80. The molecule has 2 aromatic rings. The van der Waals surface area contributed by atoms with E-state index in [9.17, 15) is 16.8 Å². The van der Waals surface area contributed by atoms with Crippen LogP contribution in [0.3, 0.4) is 0 Å². The summed E-state index contributed by atoms with van der Waals surface area (Å²) in [6, 6.07) is 15.1. The van der Waals surface area contributed by atoms with E-state index < -0.39 is 20.0 Å². The van der Waals surface area contributed by atoms with Crippen molar-refractivity contribution in [3.63, 3.8) is 0 Å². The maximum Gasteiger partial charge on any atom is 0.240 e. The van der Waals surface area contributed by atoms with Crippen molar-refractivity contribution in [3.8, 4) is 0 Å². The van der Waals surface area contributed by atoms with Gasteiger partial charge in [0.1, 0.15) is 0 Å². The molecular weight excluding hydrogens is 348 g/mol. The van der Waals surface area contributed by atoms with Crippen molar-refractivity contribution in [2.75, 3.05) is 23.7 Å². The number of nitrogens with one attached hydrogen (secondary N) is 1. The van der Waals surface area contributed by atoms with Crippen molar-refractivity contribution in [1.29, 1.82) is 0 Å². The van der Waals surface area contributed by atoms with Gasteiger partial charge < -0.3 is 0 Å². The van der Waals surface area contributed by atoms with Crippen LogP contribution in [-0.4, -0.2) is 36.2 Å². The molecular formula is C16H20N2O4S2. The summed E-state index contributed by atoms with van der Waals surface area (Å²) in [5.74, 6) is 0. The molecule has 0 heterocycles. The minimum atomic E-state index is -3.68. The lowest BCUT2D eigenvalue weighted by molar-refractivity contribution is 0.578. The summed E-state index contributed by atoms with van der Waals surface area (Å²) in [5.41, 5.74) is 1.33. The Bertz CT molecular complexity index is 895. The molecule has 0 bridgehead atoms. The lowest BCUT2D eigenvalue weighted by Crippen LogP contribution is -2.38. The van der Waals surface area contributed by atoms with Crippen LogP contribution in [0.1, 0.15) is 5.56 Å². The van der Waals surface area contributed by atoms with Gasteiger partial charge in [-0.15, -0.1) is 0 Å². The maximum absolute atomic E-state index is 12.3. The normalized spacial score (nSPS) is 12.1. The smallest absolute Gasteiger partial charge is 0.240 e. The number of para-hydroxylation sites is 1. The van der Waals surface area contributed by atoms with Gasteiger partial charge in [0.2, 0.25) is 20.0 Å². The molecule has 0 spiro atoms. The Morgan fingerprint density at radius 2 is 1.62 bits per heavy atom. The summed E-state index contributed by atoms with van der Waals surface area (Å²) in [6.07, 6.45) is 1.09. The van der Waals surface area contributed by atoms with Gasteiger partial charge in [0.15, 0.2) is 0 Å². The molecule has 130 valence electrons. The van der Waals surface area contributed by atoms with E-state index in [1.54, 1.807) is 55.5 Å². The van der Waals surface area contributed by atoms with Crippen LogP contribution < -0.4 is 9.03 Å². The van der Waals surface area contributed by atoms with E-state index in [4.69, 9.17) is 0 Å². The number of hydrogen-bond donors (Lipinski definition) is 1. The summed E-state index contributed by atoms with van der Waals surface area (Å²) in [7, 11) is -7.19. The highest BCUT2D eigenvalue weighted by molar-refractivity contribution is 7.92. The van der Waals surface area contributed by atoms with Crippen LogP contribution in [0.2, 0.25) is 0 Å². The molecule has 0 aliphatic heterocycles. The van der Waals surface area contributed by atoms with Gasteiger partial charge in [0.25, 0.3) is 0 Å². The highest BCUT2D eigenvalue weighted by Gasteiger charge is 2.19. The first-order valence-corrected chi connectivity index (χ1v) is 10.6. The summed E-state index contributed by atoms with van der Waals surface area (Å²) >= 11 is 0. The fourth-order valence-corrected chi connectivity index (χ4v) is 4.28. The van der Waals surface area contributed by atoms with Crippen molar-refractivity contribution in [2.45, 2.75) is 11.8 Å². The average Bonchev–Trinajstić information content (AvgIpc) is 2.51. The van der Waals surface area contributed by atoms with E-state index in [2.05, 4.69) is 4.72 Å². The molecule has 0 aliphatic carbocycles. The Hall–Kier alpha value is -1.90. The molecule has 0 aliphatic rings. The van der Waals surface area contributed by atoms with Gasteiger partial charge in [-0.3, -0.25) is 4.31 Å². The largest absolute Gasteiger partial charge is 0.269 e. The monoisotopic (exact) mass is 368 g/mol. The zero-order valence-corrected chi connectivity index (χ0v) is 15.1. The molecule has 6 nitrogen and oxygen atoms in total. The number of sulfonamides is 2. The lowest BCUT2D eigenvalue weighted by atomic mass is 10.2. The maximum atomic E-state index is 12.3. The first-order chi connectivity index (χ1) is 11.2. The molecule has 8 heteroatoms. The fourth-order valence-electron chi connectivity index (χ4n) is 2.23. The van der Waals surface area contributed by atoms with Gasteiger partial charge >= 0.3 is 0 Å². The summed E-state index contributed by atoms with van der Waals surface area (Å²) in [6.45, 7) is 1.78. The second kappa shape index (κ2) is 7.33. The number of anilines is 1. The molecule has 24 heavy (non-hydrogen) atoms. The van der Waals surface area contributed by atoms with E-state index in [-0.39, 0.29) is 18.0 Å². The van der Waals surface area contributed by atoms with Crippen molar-refractivity contribution in [1.82, 2.24) is 4.72 Å². The molecule has 0 radical (unpaired) electrons. The lowest BCUT2D eigenvalue weighted by Gasteiger charge is -2.22. The van der Waals surface area contributed by atoms with E-state index in [1.165, 1.54) is 10.4 Å². The zero-order valence-electron chi connectivity index (χ0n) is 13.5. The zero-order chi connectivity index (χ0) is 17.8. The SMILES string of the molecule is Cc1cccc(S(=O)(=O)NCCN(c2ccccc2)S(C)(=O)=O)c1. The van der Waals surface area contributed by atoms with E-state index in [0.29, 0.717) is 5.69 Å². The topological polar surface area (TPSA) is 83.6 Å². The van der Waals surface area contributed by atoms with Gasteiger partial charge in [-0.05, 0) is 36.8 Å². The van der Waals surface area contributed by atoms with Crippen LogP contribution in [0.25, 0.3) is 0 Å². The standard InChI is InChI=1S/C16H20N2O4S2/c1-14-7-6-10-16(13-14)24(21,22)17-11-12-18(23(2,19)20)15-8-4-3-5-9-15/h3-10,13,17H,11-12H2,1-2H3. The van der Waals surface area contributed by atoms with Crippen LogP contribution in [0.15, 0.2) is 59.5 Å². The van der Waals surface area contributed by atoms with Crippen molar-refractivity contribution in [2.24, 2.45) is 0 Å². The van der Waals surface area contributed by atoms with Crippen LogP contribution in [-0.2, 0) is 20.0 Å². The van der Waals surface area contributed by atoms with Gasteiger partial charge in [-0.1, -0.05) is 30.3 Å². The molecule has 0 aromatic heterocycles. The quantitative estimate of drug-likeness (QED) is 0.807. The van der Waals surface area contributed by atoms with E-state index >= 15 is 0 Å². The molecule has 0 amide bonds. The summed E-state index contributed by atoms with van der Waals surface area (Å²) in [5, 5.41) is 0. The molecule has 0 unspecified atom stereocenters. The second-order valence-electron chi connectivity index (χ2n) is 5.38. The van der Waals surface area contributed by atoms with Crippen LogP contribution in [0.5, 0.6) is 0 Å². The summed E-state index contributed by atoms with van der Waals surface area (Å²) < 4.78 is 52.1. The van der Waals surface area contributed by atoms with E-state index in [0.717, 1.165) is 11.8 Å². The number of aryl methyl sites for hydroxylation is 1. The van der Waals surface area contributed by atoms with Gasteiger partial charge in [0, 0.05) is 13.1 Å². The van der Waals surface area contributed by atoms with Gasteiger partial charge in [0.05, 0.1) is 16.8 Å². The van der Waals surface area contributed by atoms with Crippen LogP contribution in [0.4, 0.5) is 5.69 Å². The Balaban J connectivity index is 2.11. The van der Waals surface area contributed by atoms with Crippen LogP contribution in [0, 0.1) is 6.92 Å². The molecule has 0 atom stereocenters. The number of hydrogen-bond acceptors (Lipinski definition) is 4. The Labute approximate surface area is 143 Å². The second-order valence-corrected chi connectivity index (χ2v) is 9.06. The van der Waals surface area contributed by atoms with Gasteiger partial charge in [-0.2, -0.15) is 0 Å². The Morgan fingerprint density at radius 3 is 2.21 bits per heavy atom. The third-order valence-corrected chi connectivity index (χ3v) is 6.00. The van der Waals surface area contributed by atoms with Crippen molar-refractivity contribution >= 4 is 25.7 Å². The highest BCUT2D eigenvalue weighted by atomic mass is 32.2. The highest BCUT2D eigenvalue weighted by Crippen LogP contribution is 2.16. The molecule has 0 fully saturated rings. The number of rotatable bonds is 7. The average molecular weight is 368 g/mol. The Morgan fingerprint density at radius 1 is 0.958 bits per heavy atom. The van der Waals surface area contributed by atoms with Crippen molar-refractivity contribution in [3.05, 3.63) is 60.2 Å². The molecule has 2 aromatic carbocycles. The number of benzene rings is 2. The summed E-state index contributed by atoms with van der Waals surface area (Å²) in [4.78, 5) is 0.160. The first-order valence-electron chi connectivity index (χ1n) is 7.29. The first kappa shape index (κ1) is 18.4. The number of nitrogens with zero attached hydrogens (tertiary/aromatic N) is 1. The molecule has 0 saturated heterocycles. The fraction of sp³-hybridized carbons (Fsp3) is 0.250. The third-order valence-electron chi connectivity index (χ3n) is 3.35. The van der Waals surface area contributed by atoms with Crippen molar-refractivity contribution < 1.29 is 16.8 Å². The van der Waals surface area contributed by atoms with Crippen LogP contribution >= 0.6 is 0 Å². The molecule has 1 N–H and O–H groups in total. The predicted octanol–water partition coefficient (Wildman–Crippen LogP) is 1.74. The molecule has 0 saturated carbocycles. The molecule has 2 rings (SSSR count). The Kier molecular flexibility index (Phi) is 5.63.